The van der Waals surface area contributed by atoms with Crippen LogP contribution in [0.15, 0.2) is 102 Å². The molecule has 1 N–H and O–H groups in total. The van der Waals surface area contributed by atoms with Crippen LogP contribution in [0.1, 0.15) is 43.0 Å². The summed E-state index contributed by atoms with van der Waals surface area (Å²) in [5.41, 5.74) is 1.98. The van der Waals surface area contributed by atoms with E-state index in [4.69, 9.17) is 11.6 Å². The highest BCUT2D eigenvalue weighted by atomic mass is 35.5. The molecule has 0 fully saturated rings. The van der Waals surface area contributed by atoms with Crippen molar-refractivity contribution >= 4 is 39.1 Å². The summed E-state index contributed by atoms with van der Waals surface area (Å²) in [4.78, 5) is 29.7. The Morgan fingerprint density at radius 3 is 2.13 bits per heavy atom. The highest BCUT2D eigenvalue weighted by molar-refractivity contribution is 7.92. The summed E-state index contributed by atoms with van der Waals surface area (Å²) in [5.74, 6) is -1.68. The van der Waals surface area contributed by atoms with Crippen LogP contribution in [0.4, 0.5) is 10.1 Å². The number of nitrogens with zero attached hydrogens (tertiary/aromatic N) is 2. The quantitative estimate of drug-likeness (QED) is 0.190. The van der Waals surface area contributed by atoms with Crippen LogP contribution in [0, 0.1) is 19.7 Å². The number of halogens is 2. The van der Waals surface area contributed by atoms with Gasteiger partial charge in [0.2, 0.25) is 11.8 Å². The van der Waals surface area contributed by atoms with Crippen LogP contribution in [0.2, 0.25) is 5.02 Å². The van der Waals surface area contributed by atoms with E-state index in [0.717, 1.165) is 15.4 Å². The van der Waals surface area contributed by atoms with Crippen molar-refractivity contribution in [3.8, 4) is 0 Å². The summed E-state index contributed by atoms with van der Waals surface area (Å²) in [5, 5.41) is 3.37. The van der Waals surface area contributed by atoms with Gasteiger partial charge >= 0.3 is 0 Å². The molecule has 0 saturated heterocycles. The topological polar surface area (TPSA) is 86.8 Å². The molecule has 7 nitrogen and oxygen atoms in total. The highest BCUT2D eigenvalue weighted by Gasteiger charge is 2.36. The van der Waals surface area contributed by atoms with Gasteiger partial charge in [0.25, 0.3) is 10.0 Å². The number of hydrogen-bond donors (Lipinski definition) is 1. The minimum Gasteiger partial charge on any atom is -0.350 e. The summed E-state index contributed by atoms with van der Waals surface area (Å²) in [6.45, 7) is 8.11. The van der Waals surface area contributed by atoms with Crippen molar-refractivity contribution in [3.05, 3.63) is 130 Å². The smallest absolute Gasteiger partial charge is 0.264 e. The van der Waals surface area contributed by atoms with Gasteiger partial charge in [0, 0.05) is 29.1 Å². The average molecular weight is 664 g/mol. The molecule has 0 aliphatic heterocycles. The maximum absolute atomic E-state index is 15.1. The lowest BCUT2D eigenvalue weighted by Gasteiger charge is -2.35. The van der Waals surface area contributed by atoms with Crippen molar-refractivity contribution < 1.29 is 22.4 Å². The van der Waals surface area contributed by atoms with Crippen molar-refractivity contribution in [2.75, 3.05) is 10.8 Å². The maximum Gasteiger partial charge on any atom is 0.264 e. The predicted octanol–water partition coefficient (Wildman–Crippen LogP) is 6.85. The van der Waals surface area contributed by atoms with Crippen LogP contribution >= 0.6 is 11.6 Å². The number of rotatable bonds is 11. The average Bonchev–Trinajstić information content (AvgIpc) is 2.98. The number of anilines is 1. The van der Waals surface area contributed by atoms with Gasteiger partial charge in [-0.15, -0.1) is 0 Å². The number of amides is 2. The van der Waals surface area contributed by atoms with E-state index in [1.807, 2.05) is 58.0 Å². The van der Waals surface area contributed by atoms with Crippen molar-refractivity contribution in [1.29, 1.82) is 0 Å². The Morgan fingerprint density at radius 2 is 1.52 bits per heavy atom. The predicted molar refractivity (Wildman–Crippen MR) is 181 cm³/mol. The first-order valence-corrected chi connectivity index (χ1v) is 16.7. The molecule has 2 amide bonds. The Morgan fingerprint density at radius 1 is 0.891 bits per heavy atom. The zero-order valence-corrected chi connectivity index (χ0v) is 28.2. The number of nitrogens with one attached hydrogen (secondary N) is 1. The van der Waals surface area contributed by atoms with E-state index in [1.165, 1.54) is 29.2 Å². The van der Waals surface area contributed by atoms with E-state index in [0.29, 0.717) is 10.6 Å². The van der Waals surface area contributed by atoms with Crippen LogP contribution < -0.4 is 9.62 Å². The summed E-state index contributed by atoms with van der Waals surface area (Å²) < 4.78 is 44.5. The molecule has 0 saturated carbocycles. The van der Waals surface area contributed by atoms with Gasteiger partial charge < -0.3 is 10.2 Å². The van der Waals surface area contributed by atoms with Crippen molar-refractivity contribution in [1.82, 2.24) is 10.2 Å². The zero-order chi connectivity index (χ0) is 33.6. The number of carbonyl (C=O) groups is 2. The molecule has 4 aromatic carbocycles. The SMILES string of the molecule is Cc1ccc(S(=O)(=O)N(CC(=O)N(Cc2ccccc2F)C(Cc2ccccc2)C(=O)NC(C)(C)C)c2ccc(Cl)cc2C)cc1. The van der Waals surface area contributed by atoms with E-state index in [2.05, 4.69) is 5.32 Å². The third-order valence-corrected chi connectivity index (χ3v) is 9.39. The lowest BCUT2D eigenvalue weighted by molar-refractivity contribution is -0.140. The Kier molecular flexibility index (Phi) is 10.9. The van der Waals surface area contributed by atoms with Crippen LogP contribution in [0.3, 0.4) is 0 Å². The molecular formula is C36H39ClFN3O4S. The third kappa shape index (κ3) is 8.73. The molecule has 0 heterocycles. The van der Waals surface area contributed by atoms with Gasteiger partial charge in [-0.25, -0.2) is 12.8 Å². The Bertz CT molecular complexity index is 1790. The Balaban J connectivity index is 1.85. The Hall–Kier alpha value is -4.21. The minimum atomic E-state index is -4.28. The molecule has 1 atom stereocenters. The fourth-order valence-electron chi connectivity index (χ4n) is 5.07. The third-order valence-electron chi connectivity index (χ3n) is 7.38. The van der Waals surface area contributed by atoms with Gasteiger partial charge in [-0.05, 0) is 82.1 Å². The first-order chi connectivity index (χ1) is 21.7. The van der Waals surface area contributed by atoms with Gasteiger partial charge in [0.15, 0.2) is 0 Å². The van der Waals surface area contributed by atoms with Crippen molar-refractivity contribution in [3.63, 3.8) is 0 Å². The van der Waals surface area contributed by atoms with Crippen molar-refractivity contribution in [2.45, 2.75) is 64.1 Å². The molecule has 4 rings (SSSR count). The molecule has 0 aliphatic carbocycles. The molecule has 0 spiro atoms. The van der Waals surface area contributed by atoms with Gasteiger partial charge in [-0.2, -0.15) is 0 Å². The van der Waals surface area contributed by atoms with Crippen molar-refractivity contribution in [2.24, 2.45) is 0 Å². The van der Waals surface area contributed by atoms with Gasteiger partial charge in [0.1, 0.15) is 18.4 Å². The second-order valence-electron chi connectivity index (χ2n) is 12.3. The fourth-order valence-corrected chi connectivity index (χ4v) is 6.77. The Labute approximate surface area is 276 Å². The molecule has 1 unspecified atom stereocenters. The summed E-state index contributed by atoms with van der Waals surface area (Å²) in [6, 6.07) is 25.2. The lowest BCUT2D eigenvalue weighted by atomic mass is 10.0. The van der Waals surface area contributed by atoms with Crippen LogP contribution in [0.5, 0.6) is 0 Å². The second-order valence-corrected chi connectivity index (χ2v) is 14.6. The van der Waals surface area contributed by atoms with Gasteiger partial charge in [0.05, 0.1) is 10.6 Å². The minimum absolute atomic E-state index is 0.00721. The molecule has 0 bridgehead atoms. The second kappa shape index (κ2) is 14.5. The highest BCUT2D eigenvalue weighted by Crippen LogP contribution is 2.30. The lowest BCUT2D eigenvalue weighted by Crippen LogP contribution is -2.56. The van der Waals surface area contributed by atoms with Crippen LogP contribution in [0.25, 0.3) is 0 Å². The summed E-state index contributed by atoms with van der Waals surface area (Å²) >= 11 is 6.21. The van der Waals surface area contributed by atoms with Crippen LogP contribution in [-0.4, -0.2) is 43.3 Å². The molecule has 0 aromatic heterocycles. The molecular weight excluding hydrogens is 625 g/mol. The van der Waals surface area contributed by atoms with Crippen LogP contribution in [-0.2, 0) is 32.6 Å². The van der Waals surface area contributed by atoms with E-state index in [1.54, 1.807) is 49.4 Å². The normalized spacial score (nSPS) is 12.3. The summed E-state index contributed by atoms with van der Waals surface area (Å²) in [7, 11) is -4.28. The molecule has 10 heteroatoms. The molecule has 46 heavy (non-hydrogen) atoms. The fraction of sp³-hybridized carbons (Fsp3) is 0.278. The monoisotopic (exact) mass is 663 g/mol. The molecule has 0 aliphatic rings. The molecule has 242 valence electrons. The largest absolute Gasteiger partial charge is 0.350 e. The number of hydrogen-bond acceptors (Lipinski definition) is 4. The van der Waals surface area contributed by atoms with Gasteiger partial charge in [-0.1, -0.05) is 77.8 Å². The number of benzene rings is 4. The number of carbonyl (C=O) groups excluding carboxylic acids is 2. The first-order valence-electron chi connectivity index (χ1n) is 14.9. The standard InChI is InChI=1S/C36H39ClFN3O4S/c1-25-15-18-30(19-16-25)46(44,45)41(32-20-17-29(37)21-26(32)2)24-34(42)40(23-28-13-9-10-14-31(28)38)33(35(43)39-36(3,4)5)22-27-11-7-6-8-12-27/h6-21,33H,22-24H2,1-5H3,(H,39,43). The first kappa shape index (κ1) is 34.7. The number of aryl methyl sites for hydroxylation is 2. The number of sulfonamides is 1. The van der Waals surface area contributed by atoms with E-state index < -0.39 is 45.8 Å². The summed E-state index contributed by atoms with van der Waals surface area (Å²) in [6.07, 6.45) is 0.119. The maximum atomic E-state index is 15.1. The zero-order valence-electron chi connectivity index (χ0n) is 26.6. The molecule has 4 aromatic rings. The molecule has 0 radical (unpaired) electrons. The van der Waals surface area contributed by atoms with E-state index in [9.17, 15) is 18.0 Å². The van der Waals surface area contributed by atoms with E-state index >= 15 is 4.39 Å². The van der Waals surface area contributed by atoms with E-state index in [-0.39, 0.29) is 29.1 Å². The van der Waals surface area contributed by atoms with Gasteiger partial charge in [-0.3, -0.25) is 13.9 Å².